The van der Waals surface area contributed by atoms with Gasteiger partial charge in [0.25, 0.3) is 0 Å². The molecule has 0 aliphatic rings. The second kappa shape index (κ2) is 19.2. The third-order valence-corrected chi connectivity index (χ3v) is 3.45. The highest BCUT2D eigenvalue weighted by Gasteiger charge is 1.94. The SMILES string of the molecule is CCC=CCCCC=CC=CC=CCC=CCCCCCC(=O)O. The van der Waals surface area contributed by atoms with Crippen molar-refractivity contribution >= 4 is 5.97 Å². The molecule has 0 aromatic carbocycles. The largest absolute Gasteiger partial charge is 0.481 e. The molecule has 0 aromatic rings. The molecular weight excluding hydrogens is 296 g/mol. The zero-order chi connectivity index (χ0) is 17.7. The lowest BCUT2D eigenvalue weighted by molar-refractivity contribution is -0.137. The molecule has 0 radical (unpaired) electrons. The van der Waals surface area contributed by atoms with Crippen LogP contribution in [-0.2, 0) is 4.79 Å². The summed E-state index contributed by atoms with van der Waals surface area (Å²) in [6, 6.07) is 0. The standard InChI is InChI=1S/C22H34O2/c1-2-3-4-5-6-7-8-9-10-11-12-13-14-15-16-17-18-19-20-21-22(23)24/h3-4,8-13,15-16H,2,5-7,14,17-21H2,1H3,(H,23,24). The van der Waals surface area contributed by atoms with Gasteiger partial charge in [-0.15, -0.1) is 0 Å². The summed E-state index contributed by atoms with van der Waals surface area (Å²) in [5.41, 5.74) is 0. The maximum absolute atomic E-state index is 10.3. The van der Waals surface area contributed by atoms with Crippen LogP contribution in [0.3, 0.4) is 0 Å². The van der Waals surface area contributed by atoms with Crippen LogP contribution >= 0.6 is 0 Å². The Bertz CT molecular complexity index is 425. The van der Waals surface area contributed by atoms with E-state index in [4.69, 9.17) is 5.11 Å². The highest BCUT2D eigenvalue weighted by Crippen LogP contribution is 2.04. The van der Waals surface area contributed by atoms with E-state index < -0.39 is 5.97 Å². The maximum atomic E-state index is 10.3. The van der Waals surface area contributed by atoms with Gasteiger partial charge < -0.3 is 5.11 Å². The van der Waals surface area contributed by atoms with Gasteiger partial charge in [-0.05, 0) is 51.4 Å². The van der Waals surface area contributed by atoms with Gasteiger partial charge in [0.2, 0.25) is 0 Å². The number of hydrogen-bond donors (Lipinski definition) is 1. The Morgan fingerprint density at radius 1 is 0.708 bits per heavy atom. The molecule has 134 valence electrons. The minimum Gasteiger partial charge on any atom is -0.481 e. The van der Waals surface area contributed by atoms with Crippen LogP contribution in [-0.4, -0.2) is 11.1 Å². The van der Waals surface area contributed by atoms with E-state index in [9.17, 15) is 4.79 Å². The highest BCUT2D eigenvalue weighted by atomic mass is 16.4. The Balaban J connectivity index is 3.45. The summed E-state index contributed by atoms with van der Waals surface area (Å²) in [5, 5.41) is 8.52. The number of hydrogen-bond acceptors (Lipinski definition) is 1. The van der Waals surface area contributed by atoms with E-state index in [1.54, 1.807) is 0 Å². The molecule has 0 heterocycles. The molecule has 0 aliphatic heterocycles. The zero-order valence-corrected chi connectivity index (χ0v) is 15.2. The summed E-state index contributed by atoms with van der Waals surface area (Å²) in [6.07, 6.45) is 31.3. The molecule has 0 bridgehead atoms. The highest BCUT2D eigenvalue weighted by molar-refractivity contribution is 5.66. The first kappa shape index (κ1) is 22.2. The monoisotopic (exact) mass is 330 g/mol. The van der Waals surface area contributed by atoms with E-state index in [0.717, 1.165) is 44.9 Å². The van der Waals surface area contributed by atoms with Gasteiger partial charge >= 0.3 is 5.97 Å². The molecule has 1 N–H and O–H groups in total. The Kier molecular flexibility index (Phi) is 17.8. The van der Waals surface area contributed by atoms with E-state index in [1.165, 1.54) is 12.8 Å². The van der Waals surface area contributed by atoms with Crippen LogP contribution < -0.4 is 0 Å². The first-order valence-corrected chi connectivity index (χ1v) is 9.27. The van der Waals surface area contributed by atoms with Crippen molar-refractivity contribution in [3.63, 3.8) is 0 Å². The normalized spacial score (nSPS) is 12.7. The third kappa shape index (κ3) is 20.2. The number of carboxylic acids is 1. The van der Waals surface area contributed by atoms with Crippen molar-refractivity contribution in [2.24, 2.45) is 0 Å². The van der Waals surface area contributed by atoms with Crippen molar-refractivity contribution in [3.05, 3.63) is 60.8 Å². The molecular formula is C22H34O2. The van der Waals surface area contributed by atoms with Crippen LogP contribution in [0.5, 0.6) is 0 Å². The van der Waals surface area contributed by atoms with E-state index >= 15 is 0 Å². The molecule has 0 saturated carbocycles. The van der Waals surface area contributed by atoms with E-state index in [-0.39, 0.29) is 0 Å². The molecule has 0 amide bonds. The molecule has 0 spiro atoms. The molecule has 0 unspecified atom stereocenters. The second-order valence-corrected chi connectivity index (χ2v) is 5.75. The lowest BCUT2D eigenvalue weighted by Gasteiger charge is -1.94. The maximum Gasteiger partial charge on any atom is 0.303 e. The fraction of sp³-hybridized carbons (Fsp3) is 0.500. The van der Waals surface area contributed by atoms with E-state index in [1.807, 2.05) is 0 Å². The second-order valence-electron chi connectivity index (χ2n) is 5.75. The molecule has 0 fully saturated rings. The Labute approximate surface area is 148 Å². The van der Waals surface area contributed by atoms with Gasteiger partial charge in [-0.2, -0.15) is 0 Å². The average molecular weight is 331 g/mol. The minimum atomic E-state index is -0.692. The fourth-order valence-corrected chi connectivity index (χ4v) is 2.11. The van der Waals surface area contributed by atoms with Gasteiger partial charge in [-0.3, -0.25) is 4.79 Å². The number of allylic oxidation sites excluding steroid dienone is 10. The number of unbranched alkanes of at least 4 members (excludes halogenated alkanes) is 5. The van der Waals surface area contributed by atoms with Crippen molar-refractivity contribution in [2.45, 2.75) is 71.1 Å². The Morgan fingerprint density at radius 3 is 2.12 bits per heavy atom. The van der Waals surface area contributed by atoms with Crippen molar-refractivity contribution < 1.29 is 9.90 Å². The van der Waals surface area contributed by atoms with Crippen LogP contribution in [0.1, 0.15) is 71.1 Å². The fourth-order valence-electron chi connectivity index (χ4n) is 2.11. The average Bonchev–Trinajstić information content (AvgIpc) is 2.56. The van der Waals surface area contributed by atoms with E-state index in [2.05, 4.69) is 67.7 Å². The van der Waals surface area contributed by atoms with Crippen LogP contribution in [0.15, 0.2) is 60.8 Å². The summed E-state index contributed by atoms with van der Waals surface area (Å²) < 4.78 is 0. The Morgan fingerprint density at radius 2 is 1.38 bits per heavy atom. The molecule has 0 atom stereocenters. The smallest absolute Gasteiger partial charge is 0.303 e. The van der Waals surface area contributed by atoms with Gasteiger partial charge in [0.05, 0.1) is 0 Å². The van der Waals surface area contributed by atoms with Gasteiger partial charge in [-0.1, -0.05) is 74.1 Å². The lowest BCUT2D eigenvalue weighted by atomic mass is 10.1. The molecule has 0 rings (SSSR count). The van der Waals surface area contributed by atoms with Crippen LogP contribution in [0, 0.1) is 0 Å². The van der Waals surface area contributed by atoms with Gasteiger partial charge in [0, 0.05) is 6.42 Å². The minimum absolute atomic E-state index is 0.295. The summed E-state index contributed by atoms with van der Waals surface area (Å²) in [6.45, 7) is 2.16. The summed E-state index contributed by atoms with van der Waals surface area (Å²) >= 11 is 0. The summed E-state index contributed by atoms with van der Waals surface area (Å²) in [5.74, 6) is -0.692. The third-order valence-electron chi connectivity index (χ3n) is 3.45. The molecule has 24 heavy (non-hydrogen) atoms. The number of rotatable bonds is 15. The number of carboxylic acid groups (broad SMARTS) is 1. The van der Waals surface area contributed by atoms with Gasteiger partial charge in [0.1, 0.15) is 0 Å². The van der Waals surface area contributed by atoms with Crippen molar-refractivity contribution in [1.82, 2.24) is 0 Å². The predicted molar refractivity (Wildman–Crippen MR) is 105 cm³/mol. The van der Waals surface area contributed by atoms with Gasteiger partial charge in [0.15, 0.2) is 0 Å². The summed E-state index contributed by atoms with van der Waals surface area (Å²) in [7, 11) is 0. The molecule has 0 aliphatic carbocycles. The topological polar surface area (TPSA) is 37.3 Å². The molecule has 0 saturated heterocycles. The van der Waals surface area contributed by atoms with Gasteiger partial charge in [-0.25, -0.2) is 0 Å². The van der Waals surface area contributed by atoms with Crippen LogP contribution in [0.4, 0.5) is 0 Å². The van der Waals surface area contributed by atoms with Crippen LogP contribution in [0.25, 0.3) is 0 Å². The quantitative estimate of drug-likeness (QED) is 0.204. The predicted octanol–water partition coefficient (Wildman–Crippen LogP) is 6.77. The van der Waals surface area contributed by atoms with Crippen LogP contribution in [0.2, 0.25) is 0 Å². The zero-order valence-electron chi connectivity index (χ0n) is 15.2. The van der Waals surface area contributed by atoms with Crippen molar-refractivity contribution in [1.29, 1.82) is 0 Å². The van der Waals surface area contributed by atoms with E-state index in [0.29, 0.717) is 6.42 Å². The molecule has 0 aromatic heterocycles. The summed E-state index contributed by atoms with van der Waals surface area (Å²) in [4.78, 5) is 10.3. The van der Waals surface area contributed by atoms with Crippen molar-refractivity contribution in [2.75, 3.05) is 0 Å². The lowest BCUT2D eigenvalue weighted by Crippen LogP contribution is -1.93. The van der Waals surface area contributed by atoms with Crippen molar-refractivity contribution in [3.8, 4) is 0 Å². The number of aliphatic carboxylic acids is 1. The Hall–Kier alpha value is -1.83. The molecule has 2 heteroatoms. The number of carbonyl (C=O) groups is 1. The first-order chi connectivity index (χ1) is 11.8. The molecule has 2 nitrogen and oxygen atoms in total. The first-order valence-electron chi connectivity index (χ1n) is 9.27.